The number of sulfonamides is 1. The summed E-state index contributed by atoms with van der Waals surface area (Å²) in [4.78, 5) is 26.8. The second-order valence-electron chi connectivity index (χ2n) is 8.15. The van der Waals surface area contributed by atoms with E-state index in [2.05, 4.69) is 5.32 Å². The zero-order valence-electron chi connectivity index (χ0n) is 17.3. The molecular weight excluding hydrogens is 438 g/mol. The molecule has 0 saturated heterocycles. The molecule has 2 aromatic rings. The third-order valence-corrected chi connectivity index (χ3v) is 7.65. The van der Waals surface area contributed by atoms with Crippen LogP contribution in [0.25, 0.3) is 0 Å². The fourth-order valence-corrected chi connectivity index (χ4v) is 5.23. The van der Waals surface area contributed by atoms with E-state index < -0.39 is 15.9 Å². The monoisotopic (exact) mass is 461 g/mol. The molecule has 0 unspecified atom stereocenters. The van der Waals surface area contributed by atoms with Gasteiger partial charge < -0.3 is 10.2 Å². The Morgan fingerprint density at radius 3 is 2.61 bits per heavy atom. The van der Waals surface area contributed by atoms with E-state index in [1.807, 2.05) is 6.92 Å². The van der Waals surface area contributed by atoms with Crippen molar-refractivity contribution in [2.45, 2.75) is 37.1 Å². The summed E-state index contributed by atoms with van der Waals surface area (Å²) in [6, 6.07) is 11.5. The van der Waals surface area contributed by atoms with Crippen LogP contribution in [-0.2, 0) is 26.0 Å². The molecule has 164 valence electrons. The topological polar surface area (TPSA) is 86.8 Å². The molecule has 7 nitrogen and oxygen atoms in total. The number of carbonyl (C=O) groups excluding carboxylic acids is 2. The summed E-state index contributed by atoms with van der Waals surface area (Å²) in [6.45, 7) is 1.63. The van der Waals surface area contributed by atoms with Crippen LogP contribution in [-0.4, -0.2) is 44.2 Å². The normalized spacial score (nSPS) is 18.2. The molecule has 2 aliphatic rings. The van der Waals surface area contributed by atoms with E-state index in [9.17, 15) is 18.0 Å². The second kappa shape index (κ2) is 8.26. The minimum absolute atomic E-state index is 0.00209. The van der Waals surface area contributed by atoms with Crippen LogP contribution < -0.4 is 10.2 Å². The van der Waals surface area contributed by atoms with Gasteiger partial charge in [0.2, 0.25) is 21.8 Å². The van der Waals surface area contributed by atoms with Gasteiger partial charge in [0.05, 0.1) is 11.4 Å². The highest BCUT2D eigenvalue weighted by molar-refractivity contribution is 7.89. The van der Waals surface area contributed by atoms with Crippen LogP contribution in [0.5, 0.6) is 0 Å². The SMILES string of the molecule is C[C@H]1Cc2cc(S(=O)(=O)N(C)CC(=O)Nc3cccc(Cl)c3)ccc2N1C(=O)C1CC1. The summed E-state index contributed by atoms with van der Waals surface area (Å²) in [5.74, 6) is -0.248. The Bertz CT molecular complexity index is 1150. The molecule has 1 fully saturated rings. The summed E-state index contributed by atoms with van der Waals surface area (Å²) < 4.78 is 27.1. The third kappa shape index (κ3) is 4.46. The maximum atomic E-state index is 13.0. The summed E-state index contributed by atoms with van der Waals surface area (Å²) in [5, 5.41) is 3.12. The van der Waals surface area contributed by atoms with Crippen molar-refractivity contribution in [3.63, 3.8) is 0 Å². The lowest BCUT2D eigenvalue weighted by molar-refractivity contribution is -0.120. The van der Waals surface area contributed by atoms with Crippen LogP contribution >= 0.6 is 11.6 Å². The molecule has 1 aliphatic heterocycles. The van der Waals surface area contributed by atoms with Crippen molar-refractivity contribution in [2.24, 2.45) is 5.92 Å². The number of carbonyl (C=O) groups is 2. The molecule has 1 N–H and O–H groups in total. The molecule has 9 heteroatoms. The summed E-state index contributed by atoms with van der Waals surface area (Å²) in [7, 11) is -2.51. The van der Waals surface area contributed by atoms with Crippen LogP contribution in [0.4, 0.5) is 11.4 Å². The van der Waals surface area contributed by atoms with E-state index in [1.54, 1.807) is 41.3 Å². The number of fused-ring (bicyclic) bond motifs is 1. The molecule has 4 rings (SSSR count). The number of nitrogens with one attached hydrogen (secondary N) is 1. The number of hydrogen-bond donors (Lipinski definition) is 1. The number of hydrogen-bond acceptors (Lipinski definition) is 4. The van der Waals surface area contributed by atoms with E-state index in [0.717, 1.165) is 28.4 Å². The fourth-order valence-electron chi connectivity index (χ4n) is 3.86. The second-order valence-corrected chi connectivity index (χ2v) is 10.6. The first-order chi connectivity index (χ1) is 14.7. The zero-order chi connectivity index (χ0) is 22.3. The predicted octanol–water partition coefficient (Wildman–Crippen LogP) is 3.29. The van der Waals surface area contributed by atoms with Crippen LogP contribution in [0.3, 0.4) is 0 Å². The molecule has 2 aromatic carbocycles. The van der Waals surface area contributed by atoms with Gasteiger partial charge in [-0.3, -0.25) is 9.59 Å². The van der Waals surface area contributed by atoms with Crippen molar-refractivity contribution in [1.82, 2.24) is 4.31 Å². The molecule has 2 amide bonds. The largest absolute Gasteiger partial charge is 0.325 e. The Labute approximate surface area is 187 Å². The average Bonchev–Trinajstić information content (AvgIpc) is 3.49. The Morgan fingerprint density at radius 1 is 1.19 bits per heavy atom. The Morgan fingerprint density at radius 2 is 1.94 bits per heavy atom. The predicted molar refractivity (Wildman–Crippen MR) is 120 cm³/mol. The Hall–Kier alpha value is -2.42. The highest BCUT2D eigenvalue weighted by atomic mass is 35.5. The molecule has 0 bridgehead atoms. The lowest BCUT2D eigenvalue weighted by atomic mass is 10.1. The molecule has 1 heterocycles. The molecule has 1 aliphatic carbocycles. The zero-order valence-corrected chi connectivity index (χ0v) is 18.9. The van der Waals surface area contributed by atoms with Gasteiger partial charge in [0.1, 0.15) is 0 Å². The first kappa shape index (κ1) is 21.8. The molecular formula is C22H24ClN3O4S. The Kier molecular flexibility index (Phi) is 5.81. The highest BCUT2D eigenvalue weighted by Gasteiger charge is 2.40. The average molecular weight is 462 g/mol. The number of anilines is 2. The number of benzene rings is 2. The third-order valence-electron chi connectivity index (χ3n) is 5.61. The van der Waals surface area contributed by atoms with Crippen LogP contribution in [0, 0.1) is 5.92 Å². The number of halogens is 1. The van der Waals surface area contributed by atoms with Crippen LogP contribution in [0.2, 0.25) is 5.02 Å². The van der Waals surface area contributed by atoms with Crippen LogP contribution in [0.15, 0.2) is 47.4 Å². The summed E-state index contributed by atoms with van der Waals surface area (Å²) in [6.07, 6.45) is 2.45. The van der Waals surface area contributed by atoms with E-state index in [-0.39, 0.29) is 29.3 Å². The molecule has 0 aromatic heterocycles. The first-order valence-electron chi connectivity index (χ1n) is 10.1. The molecule has 1 atom stereocenters. The smallest absolute Gasteiger partial charge is 0.243 e. The first-order valence-corrected chi connectivity index (χ1v) is 12.0. The quantitative estimate of drug-likeness (QED) is 0.715. The van der Waals surface area contributed by atoms with Gasteiger partial charge in [0, 0.05) is 35.4 Å². The van der Waals surface area contributed by atoms with Gasteiger partial charge in [-0.2, -0.15) is 4.31 Å². The number of rotatable bonds is 6. The van der Waals surface area contributed by atoms with Crippen molar-refractivity contribution >= 4 is 44.8 Å². The van der Waals surface area contributed by atoms with Gasteiger partial charge in [0.15, 0.2) is 0 Å². The van der Waals surface area contributed by atoms with Gasteiger partial charge in [-0.1, -0.05) is 17.7 Å². The van der Waals surface area contributed by atoms with Gasteiger partial charge >= 0.3 is 0 Å². The van der Waals surface area contributed by atoms with Crippen molar-refractivity contribution < 1.29 is 18.0 Å². The van der Waals surface area contributed by atoms with Gasteiger partial charge in [-0.05, 0) is 68.1 Å². The van der Waals surface area contributed by atoms with Crippen molar-refractivity contribution in [3.05, 3.63) is 53.1 Å². The summed E-state index contributed by atoms with van der Waals surface area (Å²) in [5.41, 5.74) is 2.11. The fraction of sp³-hybridized carbons (Fsp3) is 0.364. The molecule has 1 saturated carbocycles. The van der Waals surface area contributed by atoms with Crippen molar-refractivity contribution in [1.29, 1.82) is 0 Å². The summed E-state index contributed by atoms with van der Waals surface area (Å²) >= 11 is 5.91. The number of amides is 2. The van der Waals surface area contributed by atoms with Crippen LogP contribution in [0.1, 0.15) is 25.3 Å². The van der Waals surface area contributed by atoms with E-state index in [1.165, 1.54) is 13.1 Å². The Balaban J connectivity index is 1.49. The van der Waals surface area contributed by atoms with Crippen molar-refractivity contribution in [2.75, 3.05) is 23.8 Å². The van der Waals surface area contributed by atoms with E-state index in [0.29, 0.717) is 17.1 Å². The van der Waals surface area contributed by atoms with Gasteiger partial charge in [0.25, 0.3) is 0 Å². The molecule has 31 heavy (non-hydrogen) atoms. The van der Waals surface area contributed by atoms with E-state index >= 15 is 0 Å². The van der Waals surface area contributed by atoms with Gasteiger partial charge in [-0.15, -0.1) is 0 Å². The van der Waals surface area contributed by atoms with E-state index in [4.69, 9.17) is 11.6 Å². The lowest BCUT2D eigenvalue weighted by Crippen LogP contribution is -2.36. The van der Waals surface area contributed by atoms with Gasteiger partial charge in [-0.25, -0.2) is 8.42 Å². The minimum Gasteiger partial charge on any atom is -0.325 e. The number of nitrogens with zero attached hydrogens (tertiary/aromatic N) is 2. The molecule has 0 spiro atoms. The standard InChI is InChI=1S/C22H24ClN3O4S/c1-14-10-16-11-19(8-9-20(16)26(14)22(28)15-6-7-15)31(29,30)25(2)13-21(27)24-18-5-3-4-17(23)12-18/h3-5,8-9,11-12,14-15H,6-7,10,13H2,1-2H3,(H,24,27)/t14-/m0/s1. The maximum absolute atomic E-state index is 13.0. The number of likely N-dealkylation sites (N-methyl/N-ethyl adjacent to an activating group) is 1. The lowest BCUT2D eigenvalue weighted by Gasteiger charge is -2.23. The maximum Gasteiger partial charge on any atom is 0.243 e. The minimum atomic E-state index is -3.87. The molecule has 0 radical (unpaired) electrons. The highest BCUT2D eigenvalue weighted by Crippen LogP contribution is 2.39. The van der Waals surface area contributed by atoms with Crippen molar-refractivity contribution in [3.8, 4) is 0 Å².